The van der Waals surface area contributed by atoms with Gasteiger partial charge in [0, 0.05) is 23.3 Å². The number of carbonyl (C=O) groups excluding carboxylic acids is 2. The third-order valence-corrected chi connectivity index (χ3v) is 4.92. The fraction of sp³-hybridized carbons (Fsp3) is 0.263. The number of ketones is 1. The molecule has 2 aromatic heterocycles. The Balaban J connectivity index is 1.49. The molecule has 3 rings (SSSR count). The zero-order chi connectivity index (χ0) is 18.5. The van der Waals surface area contributed by atoms with Crippen molar-refractivity contribution in [2.45, 2.75) is 33.2 Å². The minimum atomic E-state index is -0.214. The van der Waals surface area contributed by atoms with Gasteiger partial charge >= 0.3 is 0 Å². The number of benzene rings is 1. The number of thiophene rings is 1. The normalized spacial score (nSPS) is 10.7. The molecule has 7 heteroatoms. The summed E-state index contributed by atoms with van der Waals surface area (Å²) in [5.41, 5.74) is 1.91. The standard InChI is InChI=1S/C19H19N3O3S/c1-12-5-3-4-6-14(12)19-21-17(22-25-19)11-20-18(24)10-8-15(23)16-9-7-13(2)26-16/h3-7,9H,8,10-11H2,1-2H3,(H,20,24). The average Bonchev–Trinajstić information content (AvgIpc) is 3.27. The number of aryl methyl sites for hydroxylation is 2. The maximum absolute atomic E-state index is 12.0. The maximum Gasteiger partial charge on any atom is 0.258 e. The topological polar surface area (TPSA) is 85.1 Å². The predicted molar refractivity (Wildman–Crippen MR) is 98.9 cm³/mol. The van der Waals surface area contributed by atoms with E-state index in [2.05, 4.69) is 15.5 Å². The zero-order valence-electron chi connectivity index (χ0n) is 14.6. The van der Waals surface area contributed by atoms with Gasteiger partial charge in [0.05, 0.1) is 11.4 Å². The Kier molecular flexibility index (Phi) is 5.58. The first-order valence-electron chi connectivity index (χ1n) is 8.28. The van der Waals surface area contributed by atoms with E-state index in [4.69, 9.17) is 4.52 Å². The highest BCUT2D eigenvalue weighted by molar-refractivity contribution is 7.14. The third kappa shape index (κ3) is 4.43. The van der Waals surface area contributed by atoms with Gasteiger partial charge in [-0.15, -0.1) is 11.3 Å². The molecule has 0 fully saturated rings. The summed E-state index contributed by atoms with van der Waals surface area (Å²) in [6, 6.07) is 11.4. The lowest BCUT2D eigenvalue weighted by Crippen LogP contribution is -2.23. The van der Waals surface area contributed by atoms with Crippen molar-refractivity contribution in [3.05, 3.63) is 57.5 Å². The molecule has 0 aliphatic rings. The fourth-order valence-electron chi connectivity index (χ4n) is 2.45. The van der Waals surface area contributed by atoms with Gasteiger partial charge in [-0.2, -0.15) is 4.98 Å². The number of hydrogen-bond donors (Lipinski definition) is 1. The number of carbonyl (C=O) groups is 2. The Morgan fingerprint density at radius 2 is 1.92 bits per heavy atom. The Morgan fingerprint density at radius 3 is 2.65 bits per heavy atom. The van der Waals surface area contributed by atoms with Crippen molar-refractivity contribution in [2.75, 3.05) is 0 Å². The molecule has 0 radical (unpaired) electrons. The molecule has 3 aromatic rings. The molecule has 0 atom stereocenters. The molecular formula is C19H19N3O3S. The summed E-state index contributed by atoms with van der Waals surface area (Å²) in [6.07, 6.45) is 0.324. The first-order valence-corrected chi connectivity index (χ1v) is 9.09. The first kappa shape index (κ1) is 18.0. The van der Waals surface area contributed by atoms with Crippen LogP contribution in [0, 0.1) is 13.8 Å². The van der Waals surface area contributed by atoms with E-state index in [9.17, 15) is 9.59 Å². The van der Waals surface area contributed by atoms with E-state index in [-0.39, 0.29) is 31.1 Å². The average molecular weight is 369 g/mol. The van der Waals surface area contributed by atoms with Crippen LogP contribution < -0.4 is 5.32 Å². The monoisotopic (exact) mass is 369 g/mol. The van der Waals surface area contributed by atoms with Gasteiger partial charge in [-0.25, -0.2) is 0 Å². The van der Waals surface area contributed by atoms with Crippen molar-refractivity contribution in [2.24, 2.45) is 0 Å². The predicted octanol–water partition coefficient (Wildman–Crippen LogP) is 3.69. The summed E-state index contributed by atoms with van der Waals surface area (Å²) < 4.78 is 5.26. The second kappa shape index (κ2) is 8.05. The molecule has 1 amide bonds. The second-order valence-corrected chi connectivity index (χ2v) is 7.23. The Bertz CT molecular complexity index is 930. The summed E-state index contributed by atoms with van der Waals surface area (Å²) in [5, 5.41) is 6.60. The quantitative estimate of drug-likeness (QED) is 0.642. The maximum atomic E-state index is 12.0. The SMILES string of the molecule is Cc1ccc(C(=O)CCC(=O)NCc2noc(-c3ccccc3C)n2)s1. The van der Waals surface area contributed by atoms with E-state index in [0.29, 0.717) is 16.6 Å². The highest BCUT2D eigenvalue weighted by Gasteiger charge is 2.13. The van der Waals surface area contributed by atoms with Crippen molar-refractivity contribution in [1.29, 1.82) is 0 Å². The van der Waals surface area contributed by atoms with Crippen LogP contribution >= 0.6 is 11.3 Å². The molecule has 1 N–H and O–H groups in total. The lowest BCUT2D eigenvalue weighted by molar-refractivity contribution is -0.121. The lowest BCUT2D eigenvalue weighted by atomic mass is 10.1. The Morgan fingerprint density at radius 1 is 1.12 bits per heavy atom. The van der Waals surface area contributed by atoms with Crippen molar-refractivity contribution in [1.82, 2.24) is 15.5 Å². The van der Waals surface area contributed by atoms with Crippen LogP contribution in [0.5, 0.6) is 0 Å². The Hall–Kier alpha value is -2.80. The summed E-state index contributed by atoms with van der Waals surface area (Å²) in [5.74, 6) is 0.598. The molecule has 26 heavy (non-hydrogen) atoms. The minimum Gasteiger partial charge on any atom is -0.349 e. The van der Waals surface area contributed by atoms with Crippen molar-refractivity contribution in [3.8, 4) is 11.5 Å². The molecule has 0 bridgehead atoms. The van der Waals surface area contributed by atoms with Crippen molar-refractivity contribution < 1.29 is 14.1 Å². The van der Waals surface area contributed by atoms with Gasteiger partial charge in [0.2, 0.25) is 5.91 Å². The third-order valence-electron chi connectivity index (χ3n) is 3.88. The summed E-state index contributed by atoms with van der Waals surface area (Å²) >= 11 is 1.45. The van der Waals surface area contributed by atoms with Crippen LogP contribution in [0.4, 0.5) is 0 Å². The van der Waals surface area contributed by atoms with Crippen LogP contribution in [0.25, 0.3) is 11.5 Å². The highest BCUT2D eigenvalue weighted by atomic mass is 32.1. The molecule has 6 nitrogen and oxygen atoms in total. The van der Waals surface area contributed by atoms with Crippen LogP contribution in [0.2, 0.25) is 0 Å². The highest BCUT2D eigenvalue weighted by Crippen LogP contribution is 2.21. The molecule has 0 spiro atoms. The van der Waals surface area contributed by atoms with Crippen LogP contribution in [0.15, 0.2) is 40.9 Å². The smallest absolute Gasteiger partial charge is 0.258 e. The second-order valence-electron chi connectivity index (χ2n) is 5.94. The molecule has 2 heterocycles. The summed E-state index contributed by atoms with van der Waals surface area (Å²) in [4.78, 5) is 30.0. The van der Waals surface area contributed by atoms with E-state index < -0.39 is 0 Å². The van der Waals surface area contributed by atoms with Gasteiger partial charge in [0.15, 0.2) is 11.6 Å². The molecular weight excluding hydrogens is 350 g/mol. The molecule has 134 valence electrons. The van der Waals surface area contributed by atoms with Crippen LogP contribution in [-0.4, -0.2) is 21.8 Å². The van der Waals surface area contributed by atoms with Gasteiger partial charge in [-0.3, -0.25) is 9.59 Å². The van der Waals surface area contributed by atoms with Crippen LogP contribution in [-0.2, 0) is 11.3 Å². The van der Waals surface area contributed by atoms with E-state index in [1.54, 1.807) is 6.07 Å². The molecule has 0 aliphatic carbocycles. The van der Waals surface area contributed by atoms with Gasteiger partial charge < -0.3 is 9.84 Å². The van der Waals surface area contributed by atoms with Crippen LogP contribution in [0.3, 0.4) is 0 Å². The largest absolute Gasteiger partial charge is 0.349 e. The van der Waals surface area contributed by atoms with E-state index in [0.717, 1.165) is 16.0 Å². The summed E-state index contributed by atoms with van der Waals surface area (Å²) in [7, 11) is 0. The van der Waals surface area contributed by atoms with Gasteiger partial charge in [-0.05, 0) is 37.6 Å². The molecule has 0 unspecified atom stereocenters. The summed E-state index contributed by atoms with van der Waals surface area (Å²) in [6.45, 7) is 4.08. The number of amides is 1. The zero-order valence-corrected chi connectivity index (χ0v) is 15.4. The van der Waals surface area contributed by atoms with Gasteiger partial charge in [0.1, 0.15) is 0 Å². The molecule has 0 saturated heterocycles. The number of nitrogens with one attached hydrogen (secondary N) is 1. The first-order chi connectivity index (χ1) is 12.5. The van der Waals surface area contributed by atoms with E-state index >= 15 is 0 Å². The number of Topliss-reactive ketones (excluding diaryl/α,β-unsaturated/α-hetero) is 1. The van der Waals surface area contributed by atoms with E-state index in [1.165, 1.54) is 11.3 Å². The number of hydrogen-bond acceptors (Lipinski definition) is 6. The molecule has 0 saturated carbocycles. The van der Waals surface area contributed by atoms with E-state index in [1.807, 2.05) is 44.2 Å². The number of aromatic nitrogens is 2. The molecule has 0 aliphatic heterocycles. The van der Waals surface area contributed by atoms with Crippen molar-refractivity contribution in [3.63, 3.8) is 0 Å². The Labute approximate surface area is 155 Å². The number of nitrogens with zero attached hydrogens (tertiary/aromatic N) is 2. The number of rotatable bonds is 7. The lowest BCUT2D eigenvalue weighted by Gasteiger charge is -2.01. The van der Waals surface area contributed by atoms with Crippen molar-refractivity contribution >= 4 is 23.0 Å². The van der Waals surface area contributed by atoms with Gasteiger partial charge in [-0.1, -0.05) is 23.4 Å². The van der Waals surface area contributed by atoms with Crippen LogP contribution in [0.1, 0.15) is 38.8 Å². The van der Waals surface area contributed by atoms with Gasteiger partial charge in [0.25, 0.3) is 5.89 Å². The minimum absolute atomic E-state index is 0.0142. The molecule has 1 aromatic carbocycles. The fourth-order valence-corrected chi connectivity index (χ4v) is 3.28.